The molecule has 6 rings (SSSR count). The summed E-state index contributed by atoms with van der Waals surface area (Å²) < 4.78 is 36.4. The Labute approximate surface area is 270 Å². The number of thiophene rings is 1. The van der Waals surface area contributed by atoms with E-state index in [0.717, 1.165) is 29.9 Å². The number of carbonyl (C=O) groups is 1. The number of aliphatic hydroxyl groups excluding tert-OH is 1. The number of halogens is 2. The molecular weight excluding hydrogens is 674 g/mol. The Hall–Kier alpha value is -2.15. The highest BCUT2D eigenvalue weighted by molar-refractivity contribution is 9.10. The predicted molar refractivity (Wildman–Crippen MR) is 173 cm³/mol. The number of benzene rings is 2. The summed E-state index contributed by atoms with van der Waals surface area (Å²) in [6, 6.07) is 11.9. The maximum atomic E-state index is 14.1. The molecule has 5 atom stereocenters. The van der Waals surface area contributed by atoms with Gasteiger partial charge in [0.05, 0.1) is 12.1 Å². The highest BCUT2D eigenvalue weighted by atomic mass is 79.9. The minimum Gasteiger partial charge on any atom is -0.485 e. The summed E-state index contributed by atoms with van der Waals surface area (Å²) >= 11 is 10.3. The Bertz CT molecular complexity index is 1670. The molecule has 1 saturated heterocycles. The van der Waals surface area contributed by atoms with E-state index >= 15 is 0 Å². The van der Waals surface area contributed by atoms with E-state index in [-0.39, 0.29) is 16.2 Å². The second-order valence-corrected chi connectivity index (χ2v) is 16.8. The number of hydrogen-bond donors (Lipinski definition) is 3. The van der Waals surface area contributed by atoms with Gasteiger partial charge in [-0.2, -0.15) is 0 Å². The van der Waals surface area contributed by atoms with Crippen LogP contribution in [0, 0.1) is 12.8 Å². The normalized spacial score (nSPS) is 26.3. The van der Waals surface area contributed by atoms with Crippen molar-refractivity contribution in [3.05, 3.63) is 73.5 Å². The average Bonchev–Trinajstić information content (AvgIpc) is 3.50. The third-order valence-electron chi connectivity index (χ3n) is 9.09. The van der Waals surface area contributed by atoms with Crippen LogP contribution in [0.5, 0.6) is 5.75 Å². The van der Waals surface area contributed by atoms with E-state index in [1.54, 1.807) is 32.0 Å². The summed E-state index contributed by atoms with van der Waals surface area (Å²) in [7, 11) is -4.06. The molecule has 3 N–H and O–H groups in total. The van der Waals surface area contributed by atoms with Crippen LogP contribution in [0.4, 0.5) is 5.69 Å². The lowest BCUT2D eigenvalue weighted by Gasteiger charge is -2.42. The maximum absolute atomic E-state index is 14.1. The number of aryl methyl sites for hydroxylation is 1. The van der Waals surface area contributed by atoms with Crippen molar-refractivity contribution in [1.29, 1.82) is 0 Å². The number of likely N-dealkylation sites (tertiary alicyclic amines) is 1. The number of para-hydroxylation sites is 1. The predicted octanol–water partition coefficient (Wildman–Crippen LogP) is 6.47. The lowest BCUT2D eigenvalue weighted by atomic mass is 9.83. The lowest BCUT2D eigenvalue weighted by molar-refractivity contribution is -0.0603. The van der Waals surface area contributed by atoms with Gasteiger partial charge in [0, 0.05) is 34.4 Å². The molecule has 8 nitrogen and oxygen atoms in total. The monoisotopic (exact) mass is 707 g/mol. The molecule has 43 heavy (non-hydrogen) atoms. The van der Waals surface area contributed by atoms with Crippen molar-refractivity contribution in [3.8, 4) is 5.75 Å². The molecule has 0 spiro atoms. The van der Waals surface area contributed by atoms with Crippen LogP contribution >= 0.6 is 38.9 Å². The fourth-order valence-corrected chi connectivity index (χ4v) is 10.3. The van der Waals surface area contributed by atoms with Crippen molar-refractivity contribution in [3.63, 3.8) is 0 Å². The van der Waals surface area contributed by atoms with E-state index in [4.69, 9.17) is 16.3 Å². The minimum atomic E-state index is -4.06. The van der Waals surface area contributed by atoms with Crippen LogP contribution in [0.2, 0.25) is 4.34 Å². The van der Waals surface area contributed by atoms with E-state index in [2.05, 4.69) is 58.0 Å². The fourth-order valence-electron chi connectivity index (χ4n) is 6.76. The summed E-state index contributed by atoms with van der Waals surface area (Å²) in [4.78, 5) is 16.0. The Kier molecular flexibility index (Phi) is 8.13. The zero-order valence-corrected chi connectivity index (χ0v) is 28.3. The summed E-state index contributed by atoms with van der Waals surface area (Å²) in [6.07, 6.45) is 0.694. The molecule has 0 aliphatic carbocycles. The number of aliphatic hydroxyl groups is 1. The number of anilines is 1. The van der Waals surface area contributed by atoms with Gasteiger partial charge in [-0.3, -0.25) is 4.79 Å². The Morgan fingerprint density at radius 2 is 2.00 bits per heavy atom. The first-order valence-corrected chi connectivity index (χ1v) is 17.9. The van der Waals surface area contributed by atoms with Gasteiger partial charge in [-0.05, 0) is 96.8 Å². The van der Waals surface area contributed by atoms with Gasteiger partial charge in [0.15, 0.2) is 0 Å². The molecule has 2 aromatic carbocycles. The van der Waals surface area contributed by atoms with Crippen LogP contribution in [-0.2, 0) is 10.0 Å². The number of nitrogens with zero attached hydrogens (tertiary/aromatic N) is 1. The fraction of sp³-hybridized carbons (Fsp3) is 0.452. The first-order valence-electron chi connectivity index (χ1n) is 14.4. The van der Waals surface area contributed by atoms with Gasteiger partial charge < -0.3 is 20.1 Å². The molecule has 3 aromatic rings. The molecule has 3 unspecified atom stereocenters. The number of nitrogens with one attached hydrogen (secondary N) is 2. The first kappa shape index (κ1) is 30.9. The van der Waals surface area contributed by atoms with E-state index in [1.165, 1.54) is 17.2 Å². The van der Waals surface area contributed by atoms with E-state index < -0.39 is 27.8 Å². The smallest absolute Gasteiger partial charge is 0.254 e. The molecule has 0 radical (unpaired) electrons. The topological polar surface area (TPSA) is 108 Å². The minimum absolute atomic E-state index is 0.0144. The standard InChI is InChI=1S/C31H35BrClN3O5S2/c1-16-6-5-7-20-17(2)12-18-10-11-36(23(18)15-34-26(16)20)30(38)19-8-9-24-21(13-19)27(28(37)31(3,4)41-24)35-43(39,40)25-14-22(32)29(33)42-25/h5-9,13-14,17-18,23,27-28,34-35,37H,10-12,15H2,1-4H3/t17?,18?,23?,27-,28+/m1/s1. The highest BCUT2D eigenvalue weighted by Crippen LogP contribution is 2.44. The molecule has 3 aliphatic rings. The lowest BCUT2D eigenvalue weighted by Crippen LogP contribution is -2.53. The van der Waals surface area contributed by atoms with E-state index in [9.17, 15) is 18.3 Å². The molecule has 1 amide bonds. The van der Waals surface area contributed by atoms with Crippen molar-refractivity contribution in [2.45, 2.75) is 74.5 Å². The van der Waals surface area contributed by atoms with E-state index in [1.807, 2.05) is 4.90 Å². The van der Waals surface area contributed by atoms with Crippen molar-refractivity contribution in [2.24, 2.45) is 5.92 Å². The number of fused-ring (bicyclic) bond motifs is 3. The van der Waals surface area contributed by atoms with Crippen molar-refractivity contribution in [2.75, 3.05) is 18.4 Å². The molecule has 0 bridgehead atoms. The number of hydrogen-bond acceptors (Lipinski definition) is 7. The van der Waals surface area contributed by atoms with Gasteiger partial charge in [-0.15, -0.1) is 11.3 Å². The van der Waals surface area contributed by atoms with E-state index in [0.29, 0.717) is 50.6 Å². The van der Waals surface area contributed by atoms with Gasteiger partial charge in [-0.25, -0.2) is 13.1 Å². The van der Waals surface area contributed by atoms with Gasteiger partial charge in [0.25, 0.3) is 15.9 Å². The van der Waals surface area contributed by atoms with Gasteiger partial charge in [-0.1, -0.05) is 36.7 Å². The molecular formula is C31H35BrClN3O5S2. The van der Waals surface area contributed by atoms with Crippen LogP contribution in [0.25, 0.3) is 0 Å². The first-order chi connectivity index (χ1) is 20.3. The zero-order chi connectivity index (χ0) is 30.8. The molecule has 1 fully saturated rings. The van der Waals surface area contributed by atoms with Crippen LogP contribution in [-0.4, -0.2) is 55.2 Å². The van der Waals surface area contributed by atoms with Crippen molar-refractivity contribution < 1.29 is 23.1 Å². The van der Waals surface area contributed by atoms with Gasteiger partial charge in [0.2, 0.25) is 0 Å². The quantitative estimate of drug-likeness (QED) is 0.287. The number of sulfonamides is 1. The number of ether oxygens (including phenoxy) is 1. The summed E-state index contributed by atoms with van der Waals surface area (Å²) in [5, 5.41) is 15.0. The Morgan fingerprint density at radius 1 is 1.23 bits per heavy atom. The van der Waals surface area contributed by atoms with Crippen LogP contribution in [0.15, 0.2) is 51.1 Å². The zero-order valence-electron chi connectivity index (χ0n) is 24.4. The second-order valence-electron chi connectivity index (χ2n) is 12.4. The summed E-state index contributed by atoms with van der Waals surface area (Å²) in [5.74, 6) is 1.02. The molecule has 230 valence electrons. The van der Waals surface area contributed by atoms with Gasteiger partial charge >= 0.3 is 0 Å². The highest BCUT2D eigenvalue weighted by Gasteiger charge is 2.46. The van der Waals surface area contributed by atoms with Crippen LogP contribution in [0.3, 0.4) is 0 Å². The average molecular weight is 709 g/mol. The molecule has 1 aromatic heterocycles. The number of carbonyl (C=O) groups excluding carboxylic acids is 1. The molecule has 3 aliphatic heterocycles. The SMILES string of the molecule is Cc1cccc2c1NCC1C(CCN1C(=O)c1ccc3c(c1)[C@@H](NS(=O)(=O)c1cc(Br)c(Cl)s1)[C@H](O)C(C)(C)O3)CC2C. The molecule has 4 heterocycles. The Balaban J connectivity index is 1.30. The maximum Gasteiger partial charge on any atom is 0.254 e. The van der Waals surface area contributed by atoms with Crippen LogP contribution < -0.4 is 14.8 Å². The third kappa shape index (κ3) is 5.61. The van der Waals surface area contributed by atoms with Crippen molar-refractivity contribution in [1.82, 2.24) is 9.62 Å². The number of rotatable bonds is 4. The van der Waals surface area contributed by atoms with Gasteiger partial charge in [0.1, 0.15) is 26.0 Å². The molecule has 12 heteroatoms. The summed E-state index contributed by atoms with van der Waals surface area (Å²) in [6.45, 7) is 9.07. The van der Waals surface area contributed by atoms with Crippen molar-refractivity contribution >= 4 is 60.5 Å². The third-order valence-corrected chi connectivity index (χ3v) is 13.5. The second kappa shape index (κ2) is 11.3. The summed E-state index contributed by atoms with van der Waals surface area (Å²) in [5.41, 5.74) is 3.42. The molecule has 0 saturated carbocycles. The van der Waals surface area contributed by atoms with Crippen LogP contribution in [0.1, 0.15) is 72.6 Å². The number of amides is 1. The largest absolute Gasteiger partial charge is 0.485 e. The Morgan fingerprint density at radius 3 is 2.72 bits per heavy atom.